The van der Waals surface area contributed by atoms with Gasteiger partial charge in [-0.2, -0.15) is 0 Å². The molecule has 1 aromatic heterocycles. The second kappa shape index (κ2) is 5.29. The van der Waals surface area contributed by atoms with Crippen molar-refractivity contribution in [1.82, 2.24) is 4.98 Å². The second-order valence-electron chi connectivity index (χ2n) is 4.35. The Hall–Kier alpha value is -2.21. The molecular formula is C15H9BrF2N2O. The molecule has 21 heavy (non-hydrogen) atoms. The highest BCUT2D eigenvalue weighted by molar-refractivity contribution is 9.10. The molecule has 0 atom stereocenters. The number of benzene rings is 2. The number of halogens is 3. The first-order chi connectivity index (χ1) is 10.1. The van der Waals surface area contributed by atoms with Gasteiger partial charge in [0.2, 0.25) is 0 Å². The minimum atomic E-state index is -0.658. The fourth-order valence-electron chi connectivity index (χ4n) is 1.97. The van der Waals surface area contributed by atoms with Crippen LogP contribution in [0.4, 0.5) is 14.5 Å². The lowest BCUT2D eigenvalue weighted by Gasteiger charge is -2.12. The van der Waals surface area contributed by atoms with Crippen molar-refractivity contribution in [3.05, 3.63) is 58.7 Å². The predicted octanol–water partition coefficient (Wildman–Crippen LogP) is 4.65. The minimum absolute atomic E-state index is 0.0916. The first-order valence-corrected chi connectivity index (χ1v) is 6.81. The molecule has 3 nitrogen and oxygen atoms in total. The summed E-state index contributed by atoms with van der Waals surface area (Å²) in [7, 11) is 0. The second-order valence-corrected chi connectivity index (χ2v) is 5.21. The van der Waals surface area contributed by atoms with Gasteiger partial charge in [0, 0.05) is 29.4 Å². The average Bonchev–Trinajstić information content (AvgIpc) is 2.47. The molecular weight excluding hydrogens is 342 g/mol. The highest BCUT2D eigenvalue weighted by Gasteiger charge is 2.15. The fraction of sp³-hybridized carbons (Fsp3) is 0. The molecule has 0 aliphatic carbocycles. The molecule has 0 unspecified atom stereocenters. The maximum atomic E-state index is 14.1. The van der Waals surface area contributed by atoms with Crippen LogP contribution in [-0.2, 0) is 0 Å². The zero-order chi connectivity index (χ0) is 15.0. The number of nitrogens with zero attached hydrogens (tertiary/aromatic N) is 1. The molecule has 0 aliphatic heterocycles. The number of nitrogens with two attached hydrogens (primary N) is 1. The Kier molecular flexibility index (Phi) is 3.47. The summed E-state index contributed by atoms with van der Waals surface area (Å²) in [6, 6.07) is 8.48. The summed E-state index contributed by atoms with van der Waals surface area (Å²) in [6.45, 7) is 0. The molecule has 106 valence electrons. The van der Waals surface area contributed by atoms with Crippen molar-refractivity contribution in [3.8, 4) is 11.5 Å². The van der Waals surface area contributed by atoms with E-state index in [2.05, 4.69) is 20.9 Å². The van der Waals surface area contributed by atoms with Crippen molar-refractivity contribution in [3.63, 3.8) is 0 Å². The number of pyridine rings is 1. The number of nitrogen functional groups attached to an aromatic ring is 1. The molecule has 3 rings (SSSR count). The van der Waals surface area contributed by atoms with Gasteiger partial charge in [0.25, 0.3) is 0 Å². The van der Waals surface area contributed by atoms with E-state index >= 15 is 0 Å². The molecule has 0 aliphatic rings. The van der Waals surface area contributed by atoms with Crippen LogP contribution >= 0.6 is 15.9 Å². The van der Waals surface area contributed by atoms with Crippen molar-refractivity contribution in [2.75, 3.05) is 5.73 Å². The monoisotopic (exact) mass is 350 g/mol. The van der Waals surface area contributed by atoms with Gasteiger partial charge in [-0.05, 0) is 40.2 Å². The lowest BCUT2D eigenvalue weighted by Crippen LogP contribution is -1.97. The van der Waals surface area contributed by atoms with E-state index in [0.717, 1.165) is 12.1 Å². The first kappa shape index (κ1) is 13.8. The Labute approximate surface area is 127 Å². The number of hydrogen-bond donors (Lipinski definition) is 1. The van der Waals surface area contributed by atoms with E-state index < -0.39 is 11.6 Å². The summed E-state index contributed by atoms with van der Waals surface area (Å²) >= 11 is 3.23. The Bertz CT molecular complexity index is 839. The fourth-order valence-corrected chi connectivity index (χ4v) is 2.30. The summed E-state index contributed by atoms with van der Waals surface area (Å²) in [4.78, 5) is 4.10. The van der Waals surface area contributed by atoms with Crippen LogP contribution in [0.25, 0.3) is 10.9 Å². The molecule has 1 heterocycles. The number of rotatable bonds is 2. The van der Waals surface area contributed by atoms with E-state index in [9.17, 15) is 8.78 Å². The van der Waals surface area contributed by atoms with E-state index in [1.807, 2.05) is 0 Å². The van der Waals surface area contributed by atoms with Gasteiger partial charge < -0.3 is 10.5 Å². The summed E-state index contributed by atoms with van der Waals surface area (Å²) < 4.78 is 33.5. The van der Waals surface area contributed by atoms with E-state index in [0.29, 0.717) is 9.86 Å². The highest BCUT2D eigenvalue weighted by Crippen LogP contribution is 2.37. The number of fused-ring (bicyclic) bond motifs is 1. The molecule has 2 aromatic carbocycles. The minimum Gasteiger partial charge on any atom is -0.451 e. The third kappa shape index (κ3) is 2.54. The van der Waals surface area contributed by atoms with Crippen LogP contribution in [0.1, 0.15) is 0 Å². The molecule has 0 saturated carbocycles. The Morgan fingerprint density at radius 2 is 1.95 bits per heavy atom. The summed E-state index contributed by atoms with van der Waals surface area (Å²) in [5, 5.41) is 0.571. The number of ether oxygens (including phenoxy) is 1. The Balaban J connectivity index is 2.19. The van der Waals surface area contributed by atoms with Gasteiger partial charge in [-0.15, -0.1) is 0 Å². The lowest BCUT2D eigenvalue weighted by atomic mass is 10.1. The summed E-state index contributed by atoms with van der Waals surface area (Å²) in [6.07, 6.45) is 1.51. The molecule has 0 saturated heterocycles. The van der Waals surface area contributed by atoms with Gasteiger partial charge >= 0.3 is 0 Å². The van der Waals surface area contributed by atoms with E-state index in [1.54, 1.807) is 12.1 Å². The smallest absolute Gasteiger partial charge is 0.189 e. The van der Waals surface area contributed by atoms with Gasteiger partial charge in [0.1, 0.15) is 17.1 Å². The molecule has 0 bridgehead atoms. The van der Waals surface area contributed by atoms with Crippen LogP contribution in [0, 0.1) is 11.6 Å². The SMILES string of the molecule is Nc1cc(F)c(Oc2cc(F)ccc2Br)c2ncccc12. The van der Waals surface area contributed by atoms with Gasteiger partial charge in [0.05, 0.1) is 4.47 Å². The van der Waals surface area contributed by atoms with Gasteiger partial charge in [-0.3, -0.25) is 4.98 Å². The van der Waals surface area contributed by atoms with Crippen molar-refractivity contribution in [1.29, 1.82) is 0 Å². The third-order valence-corrected chi connectivity index (χ3v) is 3.59. The molecule has 0 spiro atoms. The van der Waals surface area contributed by atoms with E-state index in [1.165, 1.54) is 18.3 Å². The number of anilines is 1. The summed E-state index contributed by atoms with van der Waals surface area (Å²) in [5.41, 5.74) is 6.32. The van der Waals surface area contributed by atoms with E-state index in [-0.39, 0.29) is 22.7 Å². The summed E-state index contributed by atoms with van der Waals surface area (Å²) in [5.74, 6) is -1.08. The van der Waals surface area contributed by atoms with Gasteiger partial charge in [0.15, 0.2) is 11.6 Å². The highest BCUT2D eigenvalue weighted by atomic mass is 79.9. The van der Waals surface area contributed by atoms with Crippen molar-refractivity contribution >= 4 is 32.5 Å². The molecule has 6 heteroatoms. The van der Waals surface area contributed by atoms with Crippen molar-refractivity contribution < 1.29 is 13.5 Å². The first-order valence-electron chi connectivity index (χ1n) is 6.02. The molecule has 2 N–H and O–H groups in total. The quantitative estimate of drug-likeness (QED) is 0.684. The Morgan fingerprint density at radius 3 is 2.76 bits per heavy atom. The molecule has 0 amide bonds. The van der Waals surface area contributed by atoms with Gasteiger partial charge in [-0.1, -0.05) is 0 Å². The molecule has 3 aromatic rings. The maximum Gasteiger partial charge on any atom is 0.189 e. The predicted molar refractivity (Wildman–Crippen MR) is 80.3 cm³/mol. The van der Waals surface area contributed by atoms with Crippen molar-refractivity contribution in [2.45, 2.75) is 0 Å². The maximum absolute atomic E-state index is 14.1. The van der Waals surface area contributed by atoms with Crippen LogP contribution in [0.5, 0.6) is 11.5 Å². The Morgan fingerprint density at radius 1 is 1.14 bits per heavy atom. The van der Waals surface area contributed by atoms with Gasteiger partial charge in [-0.25, -0.2) is 8.78 Å². The van der Waals surface area contributed by atoms with E-state index in [4.69, 9.17) is 10.5 Å². The van der Waals surface area contributed by atoms with Crippen LogP contribution in [0.3, 0.4) is 0 Å². The normalized spacial score (nSPS) is 10.8. The zero-order valence-corrected chi connectivity index (χ0v) is 12.2. The zero-order valence-electron chi connectivity index (χ0n) is 10.6. The molecule has 0 radical (unpaired) electrons. The van der Waals surface area contributed by atoms with Crippen molar-refractivity contribution in [2.24, 2.45) is 0 Å². The topological polar surface area (TPSA) is 48.1 Å². The van der Waals surface area contributed by atoms with Crippen LogP contribution < -0.4 is 10.5 Å². The third-order valence-electron chi connectivity index (χ3n) is 2.94. The lowest BCUT2D eigenvalue weighted by molar-refractivity contribution is 0.441. The number of hydrogen-bond acceptors (Lipinski definition) is 3. The van der Waals surface area contributed by atoms with Crippen LogP contribution in [0.2, 0.25) is 0 Å². The average molecular weight is 351 g/mol. The molecule has 0 fully saturated rings. The standard InChI is InChI=1S/C15H9BrF2N2O/c16-10-4-3-8(17)6-13(10)21-15-11(18)7-12(19)9-2-1-5-20-14(9)15/h1-7H,19H2. The van der Waals surface area contributed by atoms with Crippen LogP contribution in [-0.4, -0.2) is 4.98 Å². The van der Waals surface area contributed by atoms with Crippen LogP contribution in [0.15, 0.2) is 47.1 Å². The largest absolute Gasteiger partial charge is 0.451 e. The number of aromatic nitrogens is 1.